The van der Waals surface area contributed by atoms with Crippen molar-refractivity contribution in [3.05, 3.63) is 59.2 Å². The van der Waals surface area contributed by atoms with Gasteiger partial charge in [0.15, 0.2) is 17.5 Å². The lowest BCUT2D eigenvalue weighted by Gasteiger charge is -2.27. The Morgan fingerprint density at radius 2 is 1.48 bits per heavy atom. The van der Waals surface area contributed by atoms with Crippen molar-refractivity contribution < 1.29 is 34.8 Å². The first kappa shape index (κ1) is 16.5. The molecule has 8 heteroatoms. The van der Waals surface area contributed by atoms with Crippen LogP contribution in [0.15, 0.2) is 42.5 Å². The molecule has 0 radical (unpaired) electrons. The molecule has 1 aliphatic rings. The van der Waals surface area contributed by atoms with E-state index in [-0.39, 0.29) is 16.7 Å². The number of aromatic hydroxyl groups is 2. The minimum absolute atomic E-state index is 0.0551. The van der Waals surface area contributed by atoms with E-state index in [0.29, 0.717) is 4.90 Å². The van der Waals surface area contributed by atoms with Crippen LogP contribution in [0.1, 0.15) is 32.4 Å². The van der Waals surface area contributed by atoms with Crippen molar-refractivity contribution in [1.82, 2.24) is 4.90 Å². The molecular weight excluding hydrogens is 330 g/mol. The van der Waals surface area contributed by atoms with Gasteiger partial charge in [-0.15, -0.1) is 0 Å². The molecule has 4 N–H and O–H groups in total. The monoisotopic (exact) mass is 343 g/mol. The second kappa shape index (κ2) is 5.91. The number of nitrogens with zero attached hydrogens (tertiary/aromatic N) is 1. The Bertz CT molecular complexity index is 857. The molecule has 0 spiro atoms. The van der Waals surface area contributed by atoms with Gasteiger partial charge in [0.05, 0.1) is 11.1 Å². The maximum Gasteiger partial charge on any atom is 0.330 e. The zero-order valence-electron chi connectivity index (χ0n) is 12.7. The fraction of sp³-hybridized carbons (Fsp3) is 0.118. The van der Waals surface area contributed by atoms with Crippen LogP contribution < -0.4 is 0 Å². The average Bonchev–Trinajstić information content (AvgIpc) is 2.83. The first-order valence-corrected chi connectivity index (χ1v) is 7.22. The Labute approximate surface area is 141 Å². The van der Waals surface area contributed by atoms with Gasteiger partial charge in [-0.1, -0.05) is 18.2 Å². The highest BCUT2D eigenvalue weighted by atomic mass is 16.4. The zero-order chi connectivity index (χ0) is 18.3. The van der Waals surface area contributed by atoms with Gasteiger partial charge in [-0.05, 0) is 29.8 Å². The number of amides is 2. The van der Waals surface area contributed by atoms with Crippen LogP contribution in [0, 0.1) is 0 Å². The lowest BCUT2D eigenvalue weighted by atomic mass is 10.0. The Morgan fingerprint density at radius 1 is 0.920 bits per heavy atom. The summed E-state index contributed by atoms with van der Waals surface area (Å²) in [6, 6.07) is 7.20. The second-order valence-electron chi connectivity index (χ2n) is 5.50. The number of carbonyl (C=O) groups excluding carboxylic acids is 2. The molecule has 1 heterocycles. The molecule has 0 aliphatic carbocycles. The number of hydrogen-bond donors (Lipinski definition) is 4. The van der Waals surface area contributed by atoms with Crippen molar-refractivity contribution >= 4 is 17.8 Å². The number of phenolic OH excluding ortho intramolecular Hbond substituents is 2. The lowest BCUT2D eigenvalue weighted by Crippen LogP contribution is -2.48. The number of imide groups is 1. The van der Waals surface area contributed by atoms with Crippen molar-refractivity contribution in [3.8, 4) is 11.5 Å². The molecule has 2 amide bonds. The maximum absolute atomic E-state index is 12.5. The number of hydrogen-bond acceptors (Lipinski definition) is 6. The van der Waals surface area contributed by atoms with Gasteiger partial charge in [0.25, 0.3) is 11.8 Å². The van der Waals surface area contributed by atoms with Crippen molar-refractivity contribution in [2.24, 2.45) is 0 Å². The minimum atomic E-state index is -1.89. The van der Waals surface area contributed by atoms with E-state index in [0.717, 1.165) is 12.1 Å². The third-order valence-corrected chi connectivity index (χ3v) is 4.00. The van der Waals surface area contributed by atoms with Crippen molar-refractivity contribution in [3.63, 3.8) is 0 Å². The summed E-state index contributed by atoms with van der Waals surface area (Å²) in [5.74, 6) is -4.26. The summed E-state index contributed by atoms with van der Waals surface area (Å²) < 4.78 is 0. The molecule has 2 aromatic carbocycles. The molecule has 0 aromatic heterocycles. The van der Waals surface area contributed by atoms with Gasteiger partial charge in [-0.25, -0.2) is 4.79 Å². The smallest absolute Gasteiger partial charge is 0.330 e. The van der Waals surface area contributed by atoms with E-state index < -0.39 is 41.4 Å². The molecule has 8 nitrogen and oxygen atoms in total. The summed E-state index contributed by atoms with van der Waals surface area (Å²) in [6.07, 6.45) is -1.80. The Balaban J connectivity index is 2.02. The highest BCUT2D eigenvalue weighted by Crippen LogP contribution is 2.33. The average molecular weight is 343 g/mol. The fourth-order valence-corrected chi connectivity index (χ4v) is 2.75. The van der Waals surface area contributed by atoms with Gasteiger partial charge in [0.1, 0.15) is 6.10 Å². The Hall–Kier alpha value is -3.39. The number of aliphatic hydroxyl groups is 1. The van der Waals surface area contributed by atoms with Crippen LogP contribution in [-0.4, -0.2) is 49.2 Å². The summed E-state index contributed by atoms with van der Waals surface area (Å²) in [5.41, 5.74) is 0.0401. The number of phenols is 2. The van der Waals surface area contributed by atoms with E-state index in [4.69, 9.17) is 0 Å². The first-order valence-electron chi connectivity index (χ1n) is 7.22. The van der Waals surface area contributed by atoms with E-state index in [2.05, 4.69) is 0 Å². The third-order valence-electron chi connectivity index (χ3n) is 4.00. The molecule has 3 rings (SSSR count). The van der Waals surface area contributed by atoms with Gasteiger partial charge in [-0.2, -0.15) is 0 Å². The molecule has 2 atom stereocenters. The predicted molar refractivity (Wildman–Crippen MR) is 83.1 cm³/mol. The fourth-order valence-electron chi connectivity index (χ4n) is 2.75. The zero-order valence-corrected chi connectivity index (χ0v) is 12.7. The van der Waals surface area contributed by atoms with E-state index in [1.807, 2.05) is 0 Å². The second-order valence-corrected chi connectivity index (χ2v) is 5.50. The molecule has 2 unspecified atom stereocenters. The van der Waals surface area contributed by atoms with Crippen molar-refractivity contribution in [2.45, 2.75) is 12.1 Å². The quantitative estimate of drug-likeness (QED) is 0.478. The molecule has 0 bridgehead atoms. The number of fused-ring (bicyclic) bond motifs is 1. The van der Waals surface area contributed by atoms with Crippen LogP contribution >= 0.6 is 0 Å². The molecule has 0 saturated carbocycles. The first-order chi connectivity index (χ1) is 11.8. The van der Waals surface area contributed by atoms with E-state index >= 15 is 0 Å². The number of rotatable bonds is 4. The molecule has 0 saturated heterocycles. The lowest BCUT2D eigenvalue weighted by molar-refractivity contribution is -0.145. The van der Waals surface area contributed by atoms with Crippen molar-refractivity contribution in [2.75, 3.05) is 0 Å². The van der Waals surface area contributed by atoms with Crippen LogP contribution in [0.2, 0.25) is 0 Å². The number of carboxylic acid groups (broad SMARTS) is 1. The SMILES string of the molecule is O=C(O)C(C(O)c1ccc(O)c(O)c1)N1C(=O)c2ccccc2C1=O. The van der Waals surface area contributed by atoms with Crippen LogP contribution in [-0.2, 0) is 4.79 Å². The van der Waals surface area contributed by atoms with Crippen LogP contribution in [0.5, 0.6) is 11.5 Å². The standard InChI is InChI=1S/C17H13NO7/c19-11-6-5-8(7-12(11)20)14(21)13(17(24)25)18-15(22)9-3-1-2-4-10(9)16(18)23/h1-7,13-14,19-21H,(H,24,25). The van der Waals surface area contributed by atoms with E-state index in [1.165, 1.54) is 30.3 Å². The Morgan fingerprint density at radius 3 is 1.96 bits per heavy atom. The highest BCUT2D eigenvalue weighted by Gasteiger charge is 2.46. The van der Waals surface area contributed by atoms with Crippen molar-refractivity contribution in [1.29, 1.82) is 0 Å². The molecule has 25 heavy (non-hydrogen) atoms. The van der Waals surface area contributed by atoms with Gasteiger partial charge < -0.3 is 20.4 Å². The molecule has 0 fully saturated rings. The normalized spacial score (nSPS) is 15.8. The summed E-state index contributed by atoms with van der Waals surface area (Å²) in [5, 5.41) is 38.8. The summed E-state index contributed by atoms with van der Waals surface area (Å²) >= 11 is 0. The van der Waals surface area contributed by atoms with Crippen LogP contribution in [0.25, 0.3) is 0 Å². The summed E-state index contributed by atoms with van der Waals surface area (Å²) in [4.78, 5) is 37.1. The van der Waals surface area contributed by atoms with Gasteiger partial charge in [-0.3, -0.25) is 14.5 Å². The minimum Gasteiger partial charge on any atom is -0.504 e. The van der Waals surface area contributed by atoms with Crippen LogP contribution in [0.4, 0.5) is 0 Å². The van der Waals surface area contributed by atoms with E-state index in [9.17, 15) is 34.8 Å². The Kier molecular flexibility index (Phi) is 3.90. The predicted octanol–water partition coefficient (Wildman–Crippen LogP) is 0.881. The highest BCUT2D eigenvalue weighted by molar-refractivity contribution is 6.22. The summed E-state index contributed by atoms with van der Waals surface area (Å²) in [6.45, 7) is 0. The molecule has 128 valence electrons. The third kappa shape index (κ3) is 2.58. The molecule has 2 aromatic rings. The summed E-state index contributed by atoms with van der Waals surface area (Å²) in [7, 11) is 0. The number of carboxylic acids is 1. The van der Waals surface area contributed by atoms with Crippen LogP contribution in [0.3, 0.4) is 0 Å². The van der Waals surface area contributed by atoms with Gasteiger partial charge >= 0.3 is 5.97 Å². The number of benzene rings is 2. The molecule has 1 aliphatic heterocycles. The van der Waals surface area contributed by atoms with Gasteiger partial charge in [0, 0.05) is 0 Å². The van der Waals surface area contributed by atoms with E-state index in [1.54, 1.807) is 0 Å². The van der Waals surface area contributed by atoms with Gasteiger partial charge in [0.2, 0.25) is 0 Å². The number of carbonyl (C=O) groups is 3. The topological polar surface area (TPSA) is 135 Å². The largest absolute Gasteiger partial charge is 0.504 e. The number of aliphatic carboxylic acids is 1. The molecular formula is C17H13NO7. The maximum atomic E-state index is 12.5. The number of aliphatic hydroxyl groups excluding tert-OH is 1.